The molecule has 0 heterocycles. The number of nitrogens with one attached hydrogen (secondary N) is 3. The van der Waals surface area contributed by atoms with Gasteiger partial charge in [-0.25, -0.2) is 4.79 Å². The van der Waals surface area contributed by atoms with Gasteiger partial charge in [-0.05, 0) is 30.7 Å². The lowest BCUT2D eigenvalue weighted by atomic mass is 10.0. The third-order valence-electron chi connectivity index (χ3n) is 5.31. The molecule has 1 aromatic rings. The van der Waals surface area contributed by atoms with E-state index in [0.29, 0.717) is 0 Å². The Kier molecular flexibility index (Phi) is 12.7. The molecule has 37 heavy (non-hydrogen) atoms. The number of carbonyl (C=O) groups is 6. The molecule has 1 aromatic carbocycles. The van der Waals surface area contributed by atoms with Crippen LogP contribution < -0.4 is 33.2 Å². The third-order valence-corrected chi connectivity index (χ3v) is 5.31. The summed E-state index contributed by atoms with van der Waals surface area (Å²) in [5.41, 5.74) is 17.1. The molecule has 0 aliphatic carbocycles. The lowest BCUT2D eigenvalue weighted by Gasteiger charge is -2.25. The zero-order valence-corrected chi connectivity index (χ0v) is 20.9. The maximum Gasteiger partial charge on any atom is 0.326 e. The predicted octanol–water partition coefficient (Wildman–Crippen LogP) is -1.72. The Morgan fingerprint density at radius 2 is 1.35 bits per heavy atom. The summed E-state index contributed by atoms with van der Waals surface area (Å²) in [6, 6.07) is 4.01. The van der Waals surface area contributed by atoms with Crippen molar-refractivity contribution in [1.29, 1.82) is 0 Å². The van der Waals surface area contributed by atoms with Crippen molar-refractivity contribution in [2.75, 3.05) is 0 Å². The van der Waals surface area contributed by atoms with Gasteiger partial charge in [0.15, 0.2) is 0 Å². The molecule has 13 heteroatoms. The van der Waals surface area contributed by atoms with Crippen LogP contribution in [0.1, 0.15) is 45.1 Å². The van der Waals surface area contributed by atoms with Crippen LogP contribution >= 0.6 is 0 Å². The molecule has 1 rings (SSSR count). The summed E-state index contributed by atoms with van der Waals surface area (Å²) in [5, 5.41) is 16.4. The molecule has 204 valence electrons. The van der Waals surface area contributed by atoms with Crippen LogP contribution in [-0.4, -0.2) is 64.8 Å². The van der Waals surface area contributed by atoms with E-state index in [1.54, 1.807) is 0 Å². The number of rotatable bonds is 16. The average molecular weight is 521 g/mol. The van der Waals surface area contributed by atoms with E-state index in [2.05, 4.69) is 16.0 Å². The maximum atomic E-state index is 13.0. The maximum absolute atomic E-state index is 13.0. The summed E-state index contributed by atoms with van der Waals surface area (Å²) in [6.07, 6.45) is -0.807. The van der Waals surface area contributed by atoms with Crippen molar-refractivity contribution in [1.82, 2.24) is 16.0 Å². The number of benzene rings is 1. The first kappa shape index (κ1) is 31.0. The third kappa shape index (κ3) is 12.0. The van der Waals surface area contributed by atoms with Crippen molar-refractivity contribution in [2.24, 2.45) is 23.1 Å². The molecular formula is C24H36N6O7. The van der Waals surface area contributed by atoms with Crippen molar-refractivity contribution in [3.05, 3.63) is 35.9 Å². The molecule has 10 N–H and O–H groups in total. The average Bonchev–Trinajstić information content (AvgIpc) is 2.80. The standard InChI is InChI=1S/C24H36N6O7/c1-13(2)10-17(29-21(33)15(25)11-14-6-4-3-5-7-14)22(34)30-18(12-20(27)32)23(35)28-16(24(36)37)8-9-19(26)31/h3-7,13,15-18H,8-12,25H2,1-2H3,(H2,26,31)(H2,27,32)(H,28,35)(H,29,33)(H,30,34)(H,36,37). The number of carbonyl (C=O) groups excluding carboxylic acids is 5. The molecule has 0 aromatic heterocycles. The molecule has 0 fully saturated rings. The number of hydrogen-bond donors (Lipinski definition) is 7. The van der Waals surface area contributed by atoms with Crippen molar-refractivity contribution < 1.29 is 33.9 Å². The Morgan fingerprint density at radius 1 is 0.811 bits per heavy atom. The zero-order valence-electron chi connectivity index (χ0n) is 20.9. The molecular weight excluding hydrogens is 484 g/mol. The first-order valence-corrected chi connectivity index (χ1v) is 11.8. The van der Waals surface area contributed by atoms with Crippen LogP contribution in [0, 0.1) is 5.92 Å². The highest BCUT2D eigenvalue weighted by molar-refractivity contribution is 5.96. The molecule has 0 spiro atoms. The van der Waals surface area contributed by atoms with Crippen LogP contribution in [0.3, 0.4) is 0 Å². The number of nitrogens with two attached hydrogens (primary N) is 3. The molecule has 0 radical (unpaired) electrons. The first-order chi connectivity index (χ1) is 17.3. The summed E-state index contributed by atoms with van der Waals surface area (Å²) in [7, 11) is 0. The van der Waals surface area contributed by atoms with Gasteiger partial charge in [0.2, 0.25) is 29.5 Å². The van der Waals surface area contributed by atoms with Gasteiger partial charge in [-0.3, -0.25) is 24.0 Å². The Morgan fingerprint density at radius 3 is 1.86 bits per heavy atom. The molecule has 0 saturated heterocycles. The minimum Gasteiger partial charge on any atom is -0.480 e. The second-order valence-electron chi connectivity index (χ2n) is 9.12. The fraction of sp³-hybridized carbons (Fsp3) is 0.500. The van der Waals surface area contributed by atoms with Crippen LogP contribution in [-0.2, 0) is 35.2 Å². The highest BCUT2D eigenvalue weighted by Gasteiger charge is 2.31. The van der Waals surface area contributed by atoms with Crippen LogP contribution in [0.25, 0.3) is 0 Å². The van der Waals surface area contributed by atoms with Gasteiger partial charge >= 0.3 is 5.97 Å². The molecule has 0 bridgehead atoms. The fourth-order valence-corrected chi connectivity index (χ4v) is 3.44. The predicted molar refractivity (Wildman–Crippen MR) is 133 cm³/mol. The van der Waals surface area contributed by atoms with E-state index < -0.39 is 66.1 Å². The summed E-state index contributed by atoms with van der Waals surface area (Å²) in [5.74, 6) is -5.54. The lowest BCUT2D eigenvalue weighted by molar-refractivity contribution is -0.142. The van der Waals surface area contributed by atoms with Crippen LogP contribution in [0.5, 0.6) is 0 Å². The van der Waals surface area contributed by atoms with E-state index >= 15 is 0 Å². The number of hydrogen-bond acceptors (Lipinski definition) is 7. The van der Waals surface area contributed by atoms with Gasteiger partial charge < -0.3 is 38.3 Å². The largest absolute Gasteiger partial charge is 0.480 e. The van der Waals surface area contributed by atoms with E-state index in [4.69, 9.17) is 17.2 Å². The Balaban J connectivity index is 2.97. The number of amides is 5. The monoisotopic (exact) mass is 520 g/mol. The van der Waals surface area contributed by atoms with Crippen LogP contribution in [0.2, 0.25) is 0 Å². The Labute approximate surface area is 214 Å². The summed E-state index contributed by atoms with van der Waals surface area (Å²) in [4.78, 5) is 72.5. The lowest BCUT2D eigenvalue weighted by Crippen LogP contribution is -2.58. The molecule has 4 unspecified atom stereocenters. The van der Waals surface area contributed by atoms with Crippen molar-refractivity contribution >= 4 is 35.5 Å². The van der Waals surface area contributed by atoms with E-state index in [0.717, 1.165) is 5.56 Å². The molecule has 0 aliphatic rings. The van der Waals surface area contributed by atoms with Gasteiger partial charge in [-0.15, -0.1) is 0 Å². The molecule has 4 atom stereocenters. The van der Waals surface area contributed by atoms with Crippen LogP contribution in [0.15, 0.2) is 30.3 Å². The van der Waals surface area contributed by atoms with Gasteiger partial charge in [0.25, 0.3) is 0 Å². The van der Waals surface area contributed by atoms with E-state index in [1.165, 1.54) is 0 Å². The summed E-state index contributed by atoms with van der Waals surface area (Å²) >= 11 is 0. The fourth-order valence-electron chi connectivity index (χ4n) is 3.44. The quantitative estimate of drug-likeness (QED) is 0.132. The smallest absolute Gasteiger partial charge is 0.326 e. The number of carboxylic acid groups (broad SMARTS) is 1. The Bertz CT molecular complexity index is 970. The van der Waals surface area contributed by atoms with Crippen LogP contribution in [0.4, 0.5) is 0 Å². The van der Waals surface area contributed by atoms with Gasteiger partial charge in [-0.2, -0.15) is 0 Å². The summed E-state index contributed by atoms with van der Waals surface area (Å²) in [6.45, 7) is 3.64. The second-order valence-corrected chi connectivity index (χ2v) is 9.12. The highest BCUT2D eigenvalue weighted by Crippen LogP contribution is 2.08. The Hall–Kier alpha value is -4.00. The zero-order chi connectivity index (χ0) is 28.1. The van der Waals surface area contributed by atoms with Crippen molar-refractivity contribution in [3.63, 3.8) is 0 Å². The second kappa shape index (κ2) is 15.2. The van der Waals surface area contributed by atoms with E-state index in [-0.39, 0.29) is 31.6 Å². The van der Waals surface area contributed by atoms with E-state index in [1.807, 2.05) is 44.2 Å². The highest BCUT2D eigenvalue weighted by atomic mass is 16.4. The first-order valence-electron chi connectivity index (χ1n) is 11.8. The number of carboxylic acids is 1. The molecule has 0 saturated carbocycles. The normalized spacial score (nSPS) is 14.1. The van der Waals surface area contributed by atoms with Gasteiger partial charge in [-0.1, -0.05) is 44.2 Å². The minimum atomic E-state index is -1.52. The molecule has 0 aliphatic heterocycles. The van der Waals surface area contributed by atoms with Crippen molar-refractivity contribution in [3.8, 4) is 0 Å². The van der Waals surface area contributed by atoms with Gasteiger partial charge in [0.1, 0.15) is 18.1 Å². The van der Waals surface area contributed by atoms with Gasteiger partial charge in [0, 0.05) is 6.42 Å². The number of aliphatic carboxylic acids is 1. The minimum absolute atomic E-state index is 0.0463. The number of primary amides is 2. The SMILES string of the molecule is CC(C)CC(NC(=O)C(N)Cc1ccccc1)C(=O)NC(CC(N)=O)C(=O)NC(CCC(N)=O)C(=O)O. The van der Waals surface area contributed by atoms with Crippen molar-refractivity contribution in [2.45, 2.75) is 70.1 Å². The molecule has 13 nitrogen and oxygen atoms in total. The summed E-state index contributed by atoms with van der Waals surface area (Å²) < 4.78 is 0. The van der Waals surface area contributed by atoms with E-state index in [9.17, 15) is 33.9 Å². The topological polar surface area (TPSA) is 237 Å². The molecule has 5 amide bonds. The van der Waals surface area contributed by atoms with Gasteiger partial charge in [0.05, 0.1) is 12.5 Å².